The summed E-state index contributed by atoms with van der Waals surface area (Å²) < 4.78 is 6.55. The van der Waals surface area contributed by atoms with Gasteiger partial charge in [-0.25, -0.2) is 9.50 Å². The van der Waals surface area contributed by atoms with Gasteiger partial charge in [0, 0.05) is 11.6 Å². The van der Waals surface area contributed by atoms with Crippen molar-refractivity contribution in [2.75, 3.05) is 12.4 Å². The van der Waals surface area contributed by atoms with Crippen molar-refractivity contribution >= 4 is 29.0 Å². The molecular formula is C19H14ClN5O2. The predicted octanol–water partition coefficient (Wildman–Crippen LogP) is 3.71. The summed E-state index contributed by atoms with van der Waals surface area (Å²) in [4.78, 5) is 21.1. The van der Waals surface area contributed by atoms with Crippen molar-refractivity contribution in [3.8, 4) is 17.1 Å². The summed E-state index contributed by atoms with van der Waals surface area (Å²) in [5.41, 5.74) is 2.24. The van der Waals surface area contributed by atoms with Gasteiger partial charge in [-0.2, -0.15) is 10.1 Å². The molecule has 4 rings (SSSR count). The molecule has 8 heteroatoms. The highest BCUT2D eigenvalue weighted by molar-refractivity contribution is 6.33. The lowest BCUT2D eigenvalue weighted by Gasteiger charge is -2.07. The highest BCUT2D eigenvalue weighted by atomic mass is 35.5. The second-order valence-corrected chi connectivity index (χ2v) is 6.04. The van der Waals surface area contributed by atoms with Crippen molar-refractivity contribution in [1.82, 2.24) is 19.6 Å². The number of aromatic nitrogens is 4. The molecule has 0 aliphatic rings. The molecule has 0 saturated carbocycles. The quantitative estimate of drug-likeness (QED) is 0.584. The minimum Gasteiger partial charge on any atom is -0.481 e. The van der Waals surface area contributed by atoms with Gasteiger partial charge in [-0.3, -0.25) is 4.79 Å². The largest absolute Gasteiger partial charge is 0.481 e. The molecule has 4 aromatic rings. The van der Waals surface area contributed by atoms with Crippen molar-refractivity contribution in [3.63, 3.8) is 0 Å². The van der Waals surface area contributed by atoms with Gasteiger partial charge in [0.25, 0.3) is 5.91 Å². The summed E-state index contributed by atoms with van der Waals surface area (Å²) in [5.74, 6) is 0.397. The molecule has 0 bridgehead atoms. The Bertz CT molecular complexity index is 1140. The molecule has 3 aromatic heterocycles. The zero-order chi connectivity index (χ0) is 18.8. The van der Waals surface area contributed by atoms with E-state index in [4.69, 9.17) is 16.3 Å². The molecule has 1 N–H and O–H groups in total. The van der Waals surface area contributed by atoms with Gasteiger partial charge in [0.05, 0.1) is 24.0 Å². The second-order valence-electron chi connectivity index (χ2n) is 5.63. The zero-order valence-corrected chi connectivity index (χ0v) is 15.0. The minimum absolute atomic E-state index is 0.281. The molecule has 0 atom stereocenters. The van der Waals surface area contributed by atoms with E-state index in [1.54, 1.807) is 30.3 Å². The Hall–Kier alpha value is -3.45. The van der Waals surface area contributed by atoms with Crippen LogP contribution in [0.1, 0.15) is 10.5 Å². The smallest absolute Gasteiger partial charge is 0.277 e. The number of imidazole rings is 1. The van der Waals surface area contributed by atoms with E-state index in [-0.39, 0.29) is 11.6 Å². The van der Waals surface area contributed by atoms with Crippen LogP contribution < -0.4 is 10.1 Å². The zero-order valence-electron chi connectivity index (χ0n) is 14.3. The third-order valence-corrected chi connectivity index (χ3v) is 4.25. The van der Waals surface area contributed by atoms with Gasteiger partial charge in [0.2, 0.25) is 5.88 Å². The fourth-order valence-electron chi connectivity index (χ4n) is 2.62. The number of halogens is 1. The number of pyridine rings is 1. The van der Waals surface area contributed by atoms with E-state index in [1.807, 2.05) is 24.3 Å². The molecule has 27 heavy (non-hydrogen) atoms. The van der Waals surface area contributed by atoms with Crippen LogP contribution in [0.4, 0.5) is 5.82 Å². The highest BCUT2D eigenvalue weighted by Gasteiger charge is 2.15. The van der Waals surface area contributed by atoms with E-state index >= 15 is 0 Å². The van der Waals surface area contributed by atoms with Gasteiger partial charge in [0.15, 0.2) is 11.3 Å². The molecule has 0 spiro atoms. The summed E-state index contributed by atoms with van der Waals surface area (Å²) in [6, 6.07) is 16.1. The summed E-state index contributed by atoms with van der Waals surface area (Å²) >= 11 is 6.26. The second kappa shape index (κ2) is 7.05. The maximum Gasteiger partial charge on any atom is 0.277 e. The first-order valence-corrected chi connectivity index (χ1v) is 8.45. The maximum atomic E-state index is 12.7. The van der Waals surface area contributed by atoms with Crippen LogP contribution in [-0.2, 0) is 0 Å². The van der Waals surface area contributed by atoms with E-state index in [9.17, 15) is 4.79 Å². The lowest BCUT2D eigenvalue weighted by Crippen LogP contribution is -2.16. The van der Waals surface area contributed by atoms with Crippen LogP contribution in [0.5, 0.6) is 5.88 Å². The van der Waals surface area contributed by atoms with E-state index in [0.29, 0.717) is 28.1 Å². The standard InChI is InChI=1S/C19H14ClN5O2/c1-27-18-8-4-7-16(22-18)23-19(26)15-11-21-17-10-9-14(24-25(15)17)12-5-2-3-6-13(12)20/h2-11H,1H3,(H,22,23,26). The summed E-state index contributed by atoms with van der Waals surface area (Å²) in [6.07, 6.45) is 1.47. The number of hydrogen-bond acceptors (Lipinski definition) is 5. The molecule has 3 heterocycles. The van der Waals surface area contributed by atoms with Gasteiger partial charge in [0.1, 0.15) is 5.82 Å². The minimum atomic E-state index is -0.382. The highest BCUT2D eigenvalue weighted by Crippen LogP contribution is 2.26. The van der Waals surface area contributed by atoms with Crippen molar-refractivity contribution in [2.24, 2.45) is 0 Å². The third-order valence-electron chi connectivity index (χ3n) is 3.92. The third kappa shape index (κ3) is 3.32. The number of nitrogens with zero attached hydrogens (tertiary/aromatic N) is 4. The molecular weight excluding hydrogens is 366 g/mol. The number of carbonyl (C=O) groups excluding carboxylic acids is 1. The number of ether oxygens (including phenoxy) is 1. The van der Waals surface area contributed by atoms with Crippen LogP contribution in [0.2, 0.25) is 5.02 Å². The number of fused-ring (bicyclic) bond motifs is 1. The Labute approximate surface area is 159 Å². The normalized spacial score (nSPS) is 10.7. The Kier molecular flexibility index (Phi) is 4.43. The first-order valence-electron chi connectivity index (χ1n) is 8.08. The fraction of sp³-hybridized carbons (Fsp3) is 0.0526. The average molecular weight is 380 g/mol. The number of hydrogen-bond donors (Lipinski definition) is 1. The molecule has 134 valence electrons. The molecule has 0 aliphatic heterocycles. The first-order chi connectivity index (χ1) is 13.2. The number of nitrogens with one attached hydrogen (secondary N) is 1. The molecule has 7 nitrogen and oxygen atoms in total. The van der Waals surface area contributed by atoms with Crippen molar-refractivity contribution in [3.05, 3.63) is 71.5 Å². The fourth-order valence-corrected chi connectivity index (χ4v) is 2.85. The molecule has 0 unspecified atom stereocenters. The summed E-state index contributed by atoms with van der Waals surface area (Å²) in [6.45, 7) is 0. The predicted molar refractivity (Wildman–Crippen MR) is 102 cm³/mol. The van der Waals surface area contributed by atoms with E-state index < -0.39 is 0 Å². The van der Waals surface area contributed by atoms with Gasteiger partial charge in [-0.1, -0.05) is 35.9 Å². The Morgan fingerprint density at radius 2 is 1.96 bits per heavy atom. The summed E-state index contributed by atoms with van der Waals surface area (Å²) in [5, 5.41) is 7.83. The lowest BCUT2D eigenvalue weighted by molar-refractivity contribution is 0.102. The lowest BCUT2D eigenvalue weighted by atomic mass is 10.1. The van der Waals surface area contributed by atoms with Gasteiger partial charge in [-0.15, -0.1) is 0 Å². The van der Waals surface area contributed by atoms with Gasteiger partial charge in [-0.05, 0) is 24.3 Å². The van der Waals surface area contributed by atoms with Crippen molar-refractivity contribution in [1.29, 1.82) is 0 Å². The van der Waals surface area contributed by atoms with Gasteiger partial charge < -0.3 is 10.1 Å². The number of benzene rings is 1. The maximum absolute atomic E-state index is 12.7. The SMILES string of the molecule is COc1cccc(NC(=O)c2cnc3ccc(-c4ccccc4Cl)nn23)n1. The number of carbonyl (C=O) groups is 1. The van der Waals surface area contributed by atoms with Crippen LogP contribution in [0.15, 0.2) is 60.8 Å². The van der Waals surface area contributed by atoms with Crippen molar-refractivity contribution < 1.29 is 9.53 Å². The monoisotopic (exact) mass is 379 g/mol. The van der Waals surface area contributed by atoms with E-state index in [0.717, 1.165) is 5.56 Å². The number of anilines is 1. The Morgan fingerprint density at radius 1 is 1.11 bits per heavy atom. The Morgan fingerprint density at radius 3 is 2.78 bits per heavy atom. The van der Waals surface area contributed by atoms with Crippen LogP contribution in [0, 0.1) is 0 Å². The molecule has 0 saturated heterocycles. The molecule has 0 fully saturated rings. The van der Waals surface area contributed by atoms with Crippen molar-refractivity contribution in [2.45, 2.75) is 0 Å². The van der Waals surface area contributed by atoms with Crippen LogP contribution in [0.3, 0.4) is 0 Å². The van der Waals surface area contributed by atoms with E-state index in [2.05, 4.69) is 20.4 Å². The van der Waals surface area contributed by atoms with E-state index in [1.165, 1.54) is 17.8 Å². The molecule has 0 aliphatic carbocycles. The average Bonchev–Trinajstić information content (AvgIpc) is 3.12. The van der Waals surface area contributed by atoms with Crippen LogP contribution in [-0.4, -0.2) is 32.6 Å². The van der Waals surface area contributed by atoms with Crippen LogP contribution >= 0.6 is 11.6 Å². The van der Waals surface area contributed by atoms with Gasteiger partial charge >= 0.3 is 0 Å². The topological polar surface area (TPSA) is 81.4 Å². The molecule has 1 aromatic carbocycles. The molecule has 1 amide bonds. The number of rotatable bonds is 4. The summed E-state index contributed by atoms with van der Waals surface area (Å²) in [7, 11) is 1.51. The first kappa shape index (κ1) is 17.0. The molecule has 0 radical (unpaired) electrons. The Balaban J connectivity index is 1.70. The number of methoxy groups -OCH3 is 1. The number of amides is 1. The van der Waals surface area contributed by atoms with Crippen LogP contribution in [0.25, 0.3) is 16.9 Å².